The molecule has 1 unspecified atom stereocenters. The molecule has 1 rings (SSSR count). The van der Waals surface area contributed by atoms with Crippen molar-refractivity contribution in [2.45, 2.75) is 33.1 Å². The Labute approximate surface area is 108 Å². The smallest absolute Gasteiger partial charge is 0.128 e. The first-order valence-electron chi connectivity index (χ1n) is 6.22. The third-order valence-electron chi connectivity index (χ3n) is 2.97. The number of hydrogen-bond donors (Lipinski definition) is 1. The molecule has 96 valence electrons. The molecule has 0 heterocycles. The average Bonchev–Trinajstić information content (AvgIpc) is 2.26. The lowest BCUT2D eigenvalue weighted by molar-refractivity contribution is 0.444. The standard InChI is InChI=1S/C14H21ClFN/c1-4-8-17-9-11(10(2)3)14-12(15)6-5-7-13(14)16/h5-7,10-11,17H,4,8-9H2,1-3H3. The van der Waals surface area contributed by atoms with Crippen molar-refractivity contribution in [3.8, 4) is 0 Å². The Bertz CT molecular complexity index is 332. The molecule has 0 aliphatic heterocycles. The summed E-state index contributed by atoms with van der Waals surface area (Å²) in [5.41, 5.74) is 0.646. The quantitative estimate of drug-likeness (QED) is 0.753. The van der Waals surface area contributed by atoms with Crippen molar-refractivity contribution in [3.05, 3.63) is 34.6 Å². The van der Waals surface area contributed by atoms with Crippen LogP contribution in [0, 0.1) is 11.7 Å². The summed E-state index contributed by atoms with van der Waals surface area (Å²) < 4.78 is 13.9. The van der Waals surface area contributed by atoms with E-state index in [2.05, 4.69) is 26.1 Å². The molecule has 1 N–H and O–H groups in total. The van der Waals surface area contributed by atoms with Crippen LogP contribution in [0.1, 0.15) is 38.7 Å². The van der Waals surface area contributed by atoms with Crippen LogP contribution in [0.25, 0.3) is 0 Å². The highest BCUT2D eigenvalue weighted by Gasteiger charge is 2.21. The van der Waals surface area contributed by atoms with Gasteiger partial charge in [0.1, 0.15) is 5.82 Å². The molecule has 1 aromatic carbocycles. The van der Waals surface area contributed by atoms with Gasteiger partial charge >= 0.3 is 0 Å². The number of benzene rings is 1. The Morgan fingerprint density at radius 3 is 2.59 bits per heavy atom. The van der Waals surface area contributed by atoms with E-state index in [1.165, 1.54) is 6.07 Å². The van der Waals surface area contributed by atoms with E-state index >= 15 is 0 Å². The number of nitrogens with one attached hydrogen (secondary N) is 1. The minimum atomic E-state index is -0.200. The van der Waals surface area contributed by atoms with Crippen molar-refractivity contribution >= 4 is 11.6 Å². The van der Waals surface area contributed by atoms with Gasteiger partial charge in [0.15, 0.2) is 0 Å². The summed E-state index contributed by atoms with van der Waals surface area (Å²) in [6.07, 6.45) is 1.08. The third kappa shape index (κ3) is 3.97. The highest BCUT2D eigenvalue weighted by atomic mass is 35.5. The zero-order chi connectivity index (χ0) is 12.8. The van der Waals surface area contributed by atoms with Crippen molar-refractivity contribution in [1.29, 1.82) is 0 Å². The Balaban J connectivity index is 2.89. The zero-order valence-corrected chi connectivity index (χ0v) is 11.5. The van der Waals surface area contributed by atoms with E-state index in [1.807, 2.05) is 0 Å². The minimum absolute atomic E-state index is 0.121. The van der Waals surface area contributed by atoms with Crippen molar-refractivity contribution in [2.24, 2.45) is 5.92 Å². The second-order valence-corrected chi connectivity index (χ2v) is 5.10. The molecule has 0 saturated heterocycles. The molecule has 0 bridgehead atoms. The summed E-state index contributed by atoms with van der Waals surface area (Å²) >= 11 is 6.11. The SMILES string of the molecule is CCCNCC(c1c(F)cccc1Cl)C(C)C. The van der Waals surface area contributed by atoms with Crippen LogP contribution in [0.3, 0.4) is 0 Å². The molecule has 0 amide bonds. The van der Waals surface area contributed by atoms with Crippen LogP contribution in [0.4, 0.5) is 4.39 Å². The summed E-state index contributed by atoms with van der Waals surface area (Å²) in [6, 6.07) is 4.89. The van der Waals surface area contributed by atoms with Crippen LogP contribution < -0.4 is 5.32 Å². The van der Waals surface area contributed by atoms with Gasteiger partial charge in [0.25, 0.3) is 0 Å². The van der Waals surface area contributed by atoms with Crippen LogP contribution in [-0.2, 0) is 0 Å². The van der Waals surface area contributed by atoms with Crippen molar-refractivity contribution in [2.75, 3.05) is 13.1 Å². The molecule has 0 aliphatic rings. The topological polar surface area (TPSA) is 12.0 Å². The van der Waals surface area contributed by atoms with E-state index in [-0.39, 0.29) is 11.7 Å². The molecule has 0 saturated carbocycles. The fourth-order valence-corrected chi connectivity index (χ4v) is 2.27. The largest absolute Gasteiger partial charge is 0.316 e. The first kappa shape index (κ1) is 14.5. The normalized spacial score (nSPS) is 13.1. The molecular formula is C14H21ClFN. The predicted octanol–water partition coefficient (Wildman–Crippen LogP) is 4.22. The van der Waals surface area contributed by atoms with Gasteiger partial charge in [-0.15, -0.1) is 0 Å². The molecule has 1 aromatic rings. The minimum Gasteiger partial charge on any atom is -0.316 e. The summed E-state index contributed by atoms with van der Waals surface area (Å²) in [4.78, 5) is 0. The van der Waals surface area contributed by atoms with E-state index in [9.17, 15) is 4.39 Å². The number of rotatable bonds is 6. The van der Waals surface area contributed by atoms with Gasteiger partial charge in [-0.1, -0.05) is 38.4 Å². The summed E-state index contributed by atoms with van der Waals surface area (Å²) in [7, 11) is 0. The summed E-state index contributed by atoms with van der Waals surface area (Å²) in [6.45, 7) is 8.04. The Morgan fingerprint density at radius 1 is 1.35 bits per heavy atom. The molecule has 17 heavy (non-hydrogen) atoms. The van der Waals surface area contributed by atoms with E-state index in [0.29, 0.717) is 16.5 Å². The number of halogens is 2. The Hall–Kier alpha value is -0.600. The van der Waals surface area contributed by atoms with E-state index in [1.54, 1.807) is 12.1 Å². The molecule has 0 spiro atoms. The molecule has 1 nitrogen and oxygen atoms in total. The van der Waals surface area contributed by atoms with Gasteiger partial charge in [-0.2, -0.15) is 0 Å². The molecule has 0 fully saturated rings. The van der Waals surface area contributed by atoms with Crippen LogP contribution in [0.2, 0.25) is 5.02 Å². The van der Waals surface area contributed by atoms with Gasteiger partial charge in [-0.05, 0) is 31.0 Å². The maximum Gasteiger partial charge on any atom is 0.128 e. The first-order valence-corrected chi connectivity index (χ1v) is 6.60. The predicted molar refractivity (Wildman–Crippen MR) is 72.1 cm³/mol. The number of hydrogen-bond acceptors (Lipinski definition) is 1. The van der Waals surface area contributed by atoms with E-state index in [0.717, 1.165) is 19.5 Å². The molecule has 0 aliphatic carbocycles. The van der Waals surface area contributed by atoms with E-state index < -0.39 is 0 Å². The van der Waals surface area contributed by atoms with Crippen LogP contribution in [0.15, 0.2) is 18.2 Å². The maximum atomic E-state index is 13.9. The van der Waals surface area contributed by atoms with Gasteiger partial charge in [0.2, 0.25) is 0 Å². The third-order valence-corrected chi connectivity index (χ3v) is 3.30. The Morgan fingerprint density at radius 2 is 2.06 bits per heavy atom. The summed E-state index contributed by atoms with van der Waals surface area (Å²) in [5, 5.41) is 3.87. The summed E-state index contributed by atoms with van der Waals surface area (Å²) in [5.74, 6) is 0.276. The zero-order valence-electron chi connectivity index (χ0n) is 10.8. The maximum absolute atomic E-state index is 13.9. The molecule has 0 aromatic heterocycles. The van der Waals surface area contributed by atoms with Gasteiger partial charge in [-0.3, -0.25) is 0 Å². The van der Waals surface area contributed by atoms with Crippen LogP contribution in [0.5, 0.6) is 0 Å². The highest BCUT2D eigenvalue weighted by Crippen LogP contribution is 2.31. The van der Waals surface area contributed by atoms with Crippen LogP contribution in [-0.4, -0.2) is 13.1 Å². The second-order valence-electron chi connectivity index (χ2n) is 4.69. The average molecular weight is 258 g/mol. The lowest BCUT2D eigenvalue weighted by Gasteiger charge is -2.23. The lowest BCUT2D eigenvalue weighted by atomic mass is 9.88. The monoisotopic (exact) mass is 257 g/mol. The van der Waals surface area contributed by atoms with Crippen molar-refractivity contribution < 1.29 is 4.39 Å². The fraction of sp³-hybridized carbons (Fsp3) is 0.571. The van der Waals surface area contributed by atoms with Gasteiger partial charge in [-0.25, -0.2) is 4.39 Å². The molecule has 0 radical (unpaired) electrons. The lowest BCUT2D eigenvalue weighted by Crippen LogP contribution is -2.26. The van der Waals surface area contributed by atoms with Crippen molar-refractivity contribution in [3.63, 3.8) is 0 Å². The van der Waals surface area contributed by atoms with E-state index in [4.69, 9.17) is 11.6 Å². The van der Waals surface area contributed by atoms with Crippen LogP contribution >= 0.6 is 11.6 Å². The van der Waals surface area contributed by atoms with Gasteiger partial charge in [0.05, 0.1) is 0 Å². The molecule has 3 heteroatoms. The molecular weight excluding hydrogens is 237 g/mol. The van der Waals surface area contributed by atoms with Gasteiger partial charge < -0.3 is 5.32 Å². The van der Waals surface area contributed by atoms with Gasteiger partial charge in [0, 0.05) is 23.0 Å². The molecule has 1 atom stereocenters. The Kier molecular flexibility index (Phi) is 5.93. The first-order chi connectivity index (χ1) is 8.07. The highest BCUT2D eigenvalue weighted by molar-refractivity contribution is 6.31. The van der Waals surface area contributed by atoms with Crippen molar-refractivity contribution in [1.82, 2.24) is 5.32 Å². The fourth-order valence-electron chi connectivity index (χ4n) is 1.97. The second kappa shape index (κ2) is 6.97.